The van der Waals surface area contributed by atoms with Crippen LogP contribution in [0.5, 0.6) is 0 Å². The molecule has 2 amide bonds. The van der Waals surface area contributed by atoms with Gasteiger partial charge in [-0.25, -0.2) is 8.78 Å². The number of aliphatic hydroxyl groups is 1. The van der Waals surface area contributed by atoms with Crippen LogP contribution in [0.4, 0.5) is 8.78 Å². The summed E-state index contributed by atoms with van der Waals surface area (Å²) in [6, 6.07) is -0.915. The van der Waals surface area contributed by atoms with E-state index < -0.39 is 24.6 Å². The van der Waals surface area contributed by atoms with Gasteiger partial charge in [0.15, 0.2) is 0 Å². The van der Waals surface area contributed by atoms with Gasteiger partial charge in [0, 0.05) is 31.1 Å². The van der Waals surface area contributed by atoms with Gasteiger partial charge in [0.25, 0.3) is 0 Å². The highest BCUT2D eigenvalue weighted by Crippen LogP contribution is 2.26. The molecule has 6 unspecified atom stereocenters. The van der Waals surface area contributed by atoms with Gasteiger partial charge in [-0.05, 0) is 25.3 Å². The summed E-state index contributed by atoms with van der Waals surface area (Å²) in [6.45, 7) is 1.90. The first-order valence-electron chi connectivity index (χ1n) is 9.08. The normalized spacial score (nSPS) is 37.8. The summed E-state index contributed by atoms with van der Waals surface area (Å²) < 4.78 is 26.9. The van der Waals surface area contributed by atoms with Crippen molar-refractivity contribution in [2.24, 2.45) is 0 Å². The lowest BCUT2D eigenvalue weighted by molar-refractivity contribution is -0.124. The fraction of sp³-hybridized carbons (Fsp3) is 0.765. The predicted molar refractivity (Wildman–Crippen MR) is 90.6 cm³/mol. The fourth-order valence-electron chi connectivity index (χ4n) is 3.88. The van der Waals surface area contributed by atoms with Gasteiger partial charge in [-0.15, -0.1) is 0 Å². The minimum Gasteiger partial charge on any atom is -0.379 e. The minimum absolute atomic E-state index is 0.0453. The molecule has 7 nitrogen and oxygen atoms in total. The number of fused-ring (bicyclic) bond motifs is 1. The Balaban J connectivity index is 1.57. The summed E-state index contributed by atoms with van der Waals surface area (Å²) in [7, 11) is 0. The van der Waals surface area contributed by atoms with Gasteiger partial charge in [-0.1, -0.05) is 0 Å². The number of halogens is 2. The van der Waals surface area contributed by atoms with Crippen LogP contribution in [0.1, 0.15) is 32.6 Å². The molecule has 3 heterocycles. The quantitative estimate of drug-likeness (QED) is 0.454. The largest absolute Gasteiger partial charge is 0.379 e. The van der Waals surface area contributed by atoms with E-state index in [4.69, 9.17) is 0 Å². The molecule has 2 saturated heterocycles. The number of hydrogen-bond donors (Lipinski definition) is 5. The molecule has 0 saturated carbocycles. The molecule has 3 rings (SSSR count). The topological polar surface area (TPSA) is 102 Å². The monoisotopic (exact) mass is 372 g/mol. The van der Waals surface area contributed by atoms with Gasteiger partial charge in [-0.3, -0.25) is 14.9 Å². The van der Waals surface area contributed by atoms with E-state index in [1.807, 2.05) is 0 Å². The molecule has 0 aromatic rings. The number of piperidine rings is 2. The molecule has 0 spiro atoms. The molecule has 0 radical (unpaired) electrons. The van der Waals surface area contributed by atoms with Gasteiger partial charge < -0.3 is 21.1 Å². The van der Waals surface area contributed by atoms with E-state index >= 15 is 0 Å². The highest BCUT2D eigenvalue weighted by atomic mass is 19.1. The second kappa shape index (κ2) is 7.98. The van der Waals surface area contributed by atoms with E-state index in [0.717, 1.165) is 5.57 Å². The Kier molecular flexibility index (Phi) is 5.89. The first kappa shape index (κ1) is 19.2. The SMILES string of the molecule is CC1=C(CC(=O)NCC2NCC(F)CC2F)C(=O)NC2CCC(O)NC12. The summed E-state index contributed by atoms with van der Waals surface area (Å²) in [5.74, 6) is -0.669. The maximum atomic E-state index is 13.8. The molecular weight excluding hydrogens is 346 g/mol. The van der Waals surface area contributed by atoms with Crippen LogP contribution in [0.15, 0.2) is 11.1 Å². The van der Waals surface area contributed by atoms with Crippen molar-refractivity contribution in [1.29, 1.82) is 0 Å². The lowest BCUT2D eigenvalue weighted by Crippen LogP contribution is -2.60. The van der Waals surface area contributed by atoms with E-state index in [2.05, 4.69) is 21.3 Å². The lowest BCUT2D eigenvalue weighted by Gasteiger charge is -2.40. The molecule has 3 aliphatic heterocycles. The first-order valence-corrected chi connectivity index (χ1v) is 9.08. The zero-order valence-electron chi connectivity index (χ0n) is 14.7. The third kappa shape index (κ3) is 4.21. The maximum absolute atomic E-state index is 13.8. The van der Waals surface area contributed by atoms with Crippen LogP contribution in [0.3, 0.4) is 0 Å². The third-order valence-electron chi connectivity index (χ3n) is 5.43. The zero-order chi connectivity index (χ0) is 18.8. The van der Waals surface area contributed by atoms with Crippen molar-refractivity contribution in [2.75, 3.05) is 13.1 Å². The third-order valence-corrected chi connectivity index (χ3v) is 5.43. The van der Waals surface area contributed by atoms with E-state index in [-0.39, 0.29) is 49.8 Å². The molecule has 3 aliphatic rings. The first-order chi connectivity index (χ1) is 12.3. The van der Waals surface area contributed by atoms with Crippen LogP contribution < -0.4 is 21.3 Å². The van der Waals surface area contributed by atoms with Crippen LogP contribution in [0.25, 0.3) is 0 Å². The van der Waals surface area contributed by atoms with Crippen LogP contribution in [-0.2, 0) is 9.59 Å². The molecule has 0 aromatic heterocycles. The standard InChI is InChI=1S/C17H26F2N4O3/c1-8-10(17(26)22-12-2-3-14(24)23-16(8)12)5-15(25)21-7-13-11(19)4-9(18)6-20-13/h9,11-14,16,20,23-24H,2-7H2,1H3,(H,21,25)(H,22,26). The van der Waals surface area contributed by atoms with E-state index in [0.29, 0.717) is 18.4 Å². The molecular formula is C17H26F2N4O3. The van der Waals surface area contributed by atoms with Gasteiger partial charge in [0.2, 0.25) is 11.8 Å². The second-order valence-electron chi connectivity index (χ2n) is 7.32. The van der Waals surface area contributed by atoms with E-state index in [1.165, 1.54) is 0 Å². The molecule has 5 N–H and O–H groups in total. The zero-order valence-corrected chi connectivity index (χ0v) is 14.7. The number of alkyl halides is 2. The number of carbonyl (C=O) groups excluding carboxylic acids is 2. The van der Waals surface area contributed by atoms with E-state index in [9.17, 15) is 23.5 Å². The maximum Gasteiger partial charge on any atom is 0.248 e. The van der Waals surface area contributed by atoms with Crippen LogP contribution in [0, 0.1) is 0 Å². The summed E-state index contributed by atoms with van der Waals surface area (Å²) in [4.78, 5) is 24.5. The van der Waals surface area contributed by atoms with Gasteiger partial charge in [0.1, 0.15) is 18.6 Å². The van der Waals surface area contributed by atoms with Crippen molar-refractivity contribution in [3.05, 3.63) is 11.1 Å². The summed E-state index contributed by atoms with van der Waals surface area (Å²) in [5, 5.41) is 21.1. The lowest BCUT2D eigenvalue weighted by atomic mass is 9.85. The van der Waals surface area contributed by atoms with Crippen molar-refractivity contribution in [3.8, 4) is 0 Å². The smallest absolute Gasteiger partial charge is 0.248 e. The van der Waals surface area contributed by atoms with Crippen molar-refractivity contribution in [2.45, 2.75) is 69.3 Å². The van der Waals surface area contributed by atoms with Gasteiger partial charge in [0.05, 0.1) is 18.5 Å². The van der Waals surface area contributed by atoms with E-state index in [1.54, 1.807) is 6.92 Å². The van der Waals surface area contributed by atoms with Crippen molar-refractivity contribution in [1.82, 2.24) is 21.3 Å². The summed E-state index contributed by atoms with van der Waals surface area (Å²) in [5.41, 5.74) is 1.11. The Morgan fingerprint density at radius 1 is 1.35 bits per heavy atom. The number of amides is 2. The van der Waals surface area contributed by atoms with Crippen LogP contribution in [-0.4, -0.2) is 66.7 Å². The average molecular weight is 372 g/mol. The molecule has 146 valence electrons. The van der Waals surface area contributed by atoms with Crippen LogP contribution in [0.2, 0.25) is 0 Å². The molecule has 9 heteroatoms. The Bertz CT molecular complexity index is 601. The number of rotatable bonds is 4. The Morgan fingerprint density at radius 2 is 2.12 bits per heavy atom. The Morgan fingerprint density at radius 3 is 2.85 bits per heavy atom. The number of nitrogens with one attached hydrogen (secondary N) is 4. The number of carbonyl (C=O) groups is 2. The average Bonchev–Trinajstić information content (AvgIpc) is 2.58. The summed E-state index contributed by atoms with van der Waals surface area (Å²) in [6.07, 6.45) is -2.25. The predicted octanol–water partition coefficient (Wildman–Crippen LogP) is -0.584. The van der Waals surface area contributed by atoms with Gasteiger partial charge in [-0.2, -0.15) is 0 Å². The number of hydrogen-bond acceptors (Lipinski definition) is 5. The molecule has 26 heavy (non-hydrogen) atoms. The van der Waals surface area contributed by atoms with Crippen LogP contribution >= 0.6 is 0 Å². The molecule has 2 fully saturated rings. The number of aliphatic hydroxyl groups excluding tert-OH is 1. The fourth-order valence-corrected chi connectivity index (χ4v) is 3.88. The molecule has 0 bridgehead atoms. The molecule has 6 atom stereocenters. The minimum atomic E-state index is -1.35. The Labute approximate surface area is 151 Å². The van der Waals surface area contributed by atoms with Gasteiger partial charge >= 0.3 is 0 Å². The van der Waals surface area contributed by atoms with Crippen molar-refractivity contribution in [3.63, 3.8) is 0 Å². The summed E-state index contributed by atoms with van der Waals surface area (Å²) >= 11 is 0. The second-order valence-corrected chi connectivity index (χ2v) is 7.32. The molecule has 0 aromatic carbocycles. The van der Waals surface area contributed by atoms with Crippen molar-refractivity contribution < 1.29 is 23.5 Å². The Hall–Kier alpha value is -1.58. The molecule has 0 aliphatic carbocycles. The highest BCUT2D eigenvalue weighted by Gasteiger charge is 2.38. The highest BCUT2D eigenvalue weighted by molar-refractivity contribution is 6.00. The van der Waals surface area contributed by atoms with Crippen molar-refractivity contribution >= 4 is 11.8 Å².